The Morgan fingerprint density at radius 2 is 1.87 bits per heavy atom. The monoisotopic (exact) mass is 774 g/mol. The van der Waals surface area contributed by atoms with Crippen molar-refractivity contribution in [2.75, 3.05) is 20.7 Å². The van der Waals surface area contributed by atoms with E-state index in [2.05, 4.69) is 25.9 Å². The Balaban J connectivity index is 1.50. The molecule has 3 aliphatic rings. The highest BCUT2D eigenvalue weighted by molar-refractivity contribution is 7.16. The third-order valence-corrected chi connectivity index (χ3v) is 12.1. The molecule has 2 aromatic rings. The van der Waals surface area contributed by atoms with E-state index in [0.29, 0.717) is 12.2 Å². The van der Waals surface area contributed by atoms with Crippen LogP contribution >= 0.6 is 11.3 Å². The minimum absolute atomic E-state index is 0.0572. The summed E-state index contributed by atoms with van der Waals surface area (Å²) in [5.41, 5.74) is -2.71. The SMILES string of the molecule is CC[C@H]1OC(=O)[C@H](C)C(=O)C[C@@H](OC2O[C@H](C)C[C@H](N(C)C)[C@H]2O)[C@@](C)(OC/C=C/c2ccc(-c3nn[nH]n3)s2)C[C@@H](C)C(=O)[C@H](C)[C@H]2NC(=O)O[C@@]21C. The largest absolute Gasteiger partial charge is 0.458 e. The molecular formula is C37H54N6O10S. The van der Waals surface area contributed by atoms with E-state index in [-0.39, 0.29) is 43.8 Å². The second kappa shape index (κ2) is 17.0. The van der Waals surface area contributed by atoms with Gasteiger partial charge in [-0.05, 0) is 84.5 Å². The third kappa shape index (κ3) is 8.92. The van der Waals surface area contributed by atoms with Gasteiger partial charge in [-0.3, -0.25) is 14.4 Å². The molecule has 2 aromatic heterocycles. The number of aliphatic hydroxyl groups excluding tert-OH is 1. The predicted octanol–water partition coefficient (Wildman–Crippen LogP) is 3.56. The normalized spacial score (nSPS) is 37.2. The van der Waals surface area contributed by atoms with E-state index in [1.54, 1.807) is 34.6 Å². The van der Waals surface area contributed by atoms with Crippen molar-refractivity contribution in [3.63, 3.8) is 0 Å². The van der Waals surface area contributed by atoms with Gasteiger partial charge in [-0.1, -0.05) is 26.8 Å². The number of aromatic amines is 1. The number of aromatic nitrogens is 4. The molecule has 3 N–H and O–H groups in total. The summed E-state index contributed by atoms with van der Waals surface area (Å²) in [5.74, 6) is -3.65. The van der Waals surface area contributed by atoms with E-state index in [9.17, 15) is 24.3 Å². The Morgan fingerprint density at radius 1 is 1.13 bits per heavy atom. The summed E-state index contributed by atoms with van der Waals surface area (Å²) in [6.45, 7) is 12.1. The Hall–Kier alpha value is -3.61. The smallest absolute Gasteiger partial charge is 0.408 e. The number of alkyl carbamates (subject to hydrolysis) is 1. The van der Waals surface area contributed by atoms with Gasteiger partial charge in [0.15, 0.2) is 11.9 Å². The molecule has 1 unspecified atom stereocenters. The first-order valence-electron chi connectivity index (χ1n) is 18.5. The van der Waals surface area contributed by atoms with Gasteiger partial charge in [-0.15, -0.1) is 21.5 Å². The van der Waals surface area contributed by atoms with Crippen LogP contribution in [0.2, 0.25) is 0 Å². The van der Waals surface area contributed by atoms with Gasteiger partial charge in [0.2, 0.25) is 5.82 Å². The zero-order valence-corrected chi connectivity index (χ0v) is 33.3. The minimum Gasteiger partial charge on any atom is -0.458 e. The summed E-state index contributed by atoms with van der Waals surface area (Å²) < 4.78 is 31.0. The highest BCUT2D eigenvalue weighted by Gasteiger charge is 2.56. The number of nitrogens with zero attached hydrogens (tertiary/aromatic N) is 4. The summed E-state index contributed by atoms with van der Waals surface area (Å²) in [7, 11) is 3.72. The second-order valence-electron chi connectivity index (χ2n) is 15.4. The van der Waals surface area contributed by atoms with E-state index >= 15 is 0 Å². The standard InChI is InChI=1S/C37H54N6O10S/c1-10-27-37(7)31(38-35(48)53-37)22(5)29(45)19(2)18-36(6,49-15-11-12-23-13-14-26(54-23)32-39-41-42-40-32)28(17-25(44)21(4)33(47)51-27)52-34-30(46)24(43(8)9)16-20(3)50-34/h11-14,19-22,24,27-28,30-31,34,46H,10,15-18H2,1-9H3,(H,38,48)(H,39,40,41,42)/b12-11+/t19-,20-,21-,22+,24+,27-,28-,30-,31-,34?,36+,37-/m1/s1. The van der Waals surface area contributed by atoms with Gasteiger partial charge >= 0.3 is 12.1 Å². The fourth-order valence-electron chi connectivity index (χ4n) is 7.85. The zero-order chi connectivity index (χ0) is 39.5. The lowest BCUT2D eigenvalue weighted by Gasteiger charge is -2.45. The van der Waals surface area contributed by atoms with E-state index in [0.717, 1.165) is 9.75 Å². The van der Waals surface area contributed by atoms with Crippen molar-refractivity contribution >= 4 is 41.0 Å². The topological polar surface area (TPSA) is 204 Å². The van der Waals surface area contributed by atoms with Crippen molar-refractivity contribution in [3.8, 4) is 10.7 Å². The van der Waals surface area contributed by atoms with E-state index in [4.69, 9.17) is 23.7 Å². The van der Waals surface area contributed by atoms with Gasteiger partial charge in [-0.25, -0.2) is 4.79 Å². The molecule has 0 aliphatic carbocycles. The number of ether oxygens (including phenoxy) is 5. The Bertz CT molecular complexity index is 1670. The zero-order valence-electron chi connectivity index (χ0n) is 32.4. The number of ketones is 2. The Morgan fingerprint density at radius 3 is 2.54 bits per heavy atom. The quantitative estimate of drug-likeness (QED) is 0.246. The molecule has 0 bridgehead atoms. The number of carbonyl (C=O) groups is 4. The average molecular weight is 775 g/mol. The van der Waals surface area contributed by atoms with Gasteiger partial charge in [0.1, 0.15) is 29.7 Å². The number of hydrogen-bond acceptors (Lipinski definition) is 15. The number of cyclic esters (lactones) is 1. The van der Waals surface area contributed by atoms with E-state index < -0.39 is 77.4 Å². The number of hydrogen-bond donors (Lipinski definition) is 3. The van der Waals surface area contributed by atoms with Crippen LogP contribution in [0.25, 0.3) is 16.8 Å². The summed E-state index contributed by atoms with van der Waals surface area (Å²) in [5, 5.41) is 28.4. The summed E-state index contributed by atoms with van der Waals surface area (Å²) in [6.07, 6.45) is -0.957. The molecule has 1 amide bonds. The molecule has 0 saturated carbocycles. The van der Waals surface area contributed by atoms with Crippen LogP contribution in [0.3, 0.4) is 0 Å². The molecule has 298 valence electrons. The molecule has 5 heterocycles. The summed E-state index contributed by atoms with van der Waals surface area (Å²) in [6, 6.07) is 2.67. The Kier molecular flexibility index (Phi) is 13.1. The van der Waals surface area contributed by atoms with Crippen molar-refractivity contribution in [3.05, 3.63) is 23.1 Å². The molecule has 17 heteroatoms. The molecule has 3 aliphatic heterocycles. The van der Waals surface area contributed by atoms with Crippen LogP contribution < -0.4 is 5.32 Å². The van der Waals surface area contributed by atoms with Gasteiger partial charge < -0.3 is 39.0 Å². The van der Waals surface area contributed by atoms with Gasteiger partial charge in [-0.2, -0.15) is 5.21 Å². The minimum atomic E-state index is -1.38. The molecule has 16 nitrogen and oxygen atoms in total. The number of fused-ring (bicyclic) bond motifs is 1. The Labute approximate surface area is 319 Å². The van der Waals surface area contributed by atoms with Crippen LogP contribution in [0.1, 0.15) is 79.0 Å². The number of tetrazole rings is 1. The maximum Gasteiger partial charge on any atom is 0.408 e. The third-order valence-electron chi connectivity index (χ3n) is 11.1. The highest BCUT2D eigenvalue weighted by Crippen LogP contribution is 2.39. The van der Waals surface area contributed by atoms with Crippen molar-refractivity contribution < 1.29 is 48.0 Å². The number of esters is 1. The summed E-state index contributed by atoms with van der Waals surface area (Å²) >= 11 is 1.46. The number of Topliss-reactive ketones (excluding diaryl/α,β-unsaturated/α-hetero) is 2. The van der Waals surface area contributed by atoms with Crippen molar-refractivity contribution in [2.45, 2.75) is 128 Å². The van der Waals surface area contributed by atoms with Crippen molar-refractivity contribution in [2.24, 2.45) is 17.8 Å². The molecule has 3 fully saturated rings. The highest BCUT2D eigenvalue weighted by atomic mass is 32.1. The lowest BCUT2D eigenvalue weighted by Crippen LogP contribution is -2.58. The number of H-pyrrole nitrogens is 1. The van der Waals surface area contributed by atoms with Crippen LogP contribution in [0.4, 0.5) is 4.79 Å². The molecule has 0 radical (unpaired) electrons. The maximum atomic E-state index is 14.3. The number of carbonyl (C=O) groups excluding carboxylic acids is 4. The first-order chi connectivity index (χ1) is 25.5. The number of likely N-dealkylation sites (N-methyl/N-ethyl adjacent to an activating group) is 1. The number of aliphatic hydroxyl groups is 1. The van der Waals surface area contributed by atoms with Crippen LogP contribution in [-0.2, 0) is 38.1 Å². The fourth-order valence-corrected chi connectivity index (χ4v) is 8.72. The van der Waals surface area contributed by atoms with Crippen LogP contribution in [-0.4, -0.2) is 129 Å². The van der Waals surface area contributed by atoms with Crippen LogP contribution in [0.5, 0.6) is 0 Å². The summed E-state index contributed by atoms with van der Waals surface area (Å²) in [4.78, 5) is 58.3. The van der Waals surface area contributed by atoms with Gasteiger partial charge in [0, 0.05) is 29.2 Å². The van der Waals surface area contributed by atoms with E-state index in [1.807, 2.05) is 50.2 Å². The lowest BCUT2D eigenvalue weighted by molar-refractivity contribution is -0.290. The molecule has 54 heavy (non-hydrogen) atoms. The van der Waals surface area contributed by atoms with Crippen molar-refractivity contribution in [1.82, 2.24) is 30.8 Å². The molecular weight excluding hydrogens is 721 g/mol. The molecule has 12 atom stereocenters. The second-order valence-corrected chi connectivity index (χ2v) is 16.5. The van der Waals surface area contributed by atoms with E-state index in [1.165, 1.54) is 18.3 Å². The molecule has 3 saturated heterocycles. The molecule has 5 rings (SSSR count). The number of nitrogens with one attached hydrogen (secondary N) is 2. The average Bonchev–Trinajstić information content (AvgIpc) is 3.89. The number of thiophene rings is 1. The van der Waals surface area contributed by atoms with Crippen molar-refractivity contribution in [1.29, 1.82) is 0 Å². The first-order valence-corrected chi connectivity index (χ1v) is 19.3. The predicted molar refractivity (Wildman–Crippen MR) is 197 cm³/mol. The molecule has 0 spiro atoms. The lowest BCUT2D eigenvalue weighted by atomic mass is 9.75. The van der Waals surface area contributed by atoms with Gasteiger partial charge in [0.05, 0.1) is 35.3 Å². The number of amides is 1. The van der Waals surface area contributed by atoms with Crippen LogP contribution in [0.15, 0.2) is 18.2 Å². The maximum absolute atomic E-state index is 14.3. The first kappa shape index (κ1) is 41.6. The number of rotatable bonds is 9. The fraction of sp³-hybridized carbons (Fsp3) is 0.703. The van der Waals surface area contributed by atoms with Gasteiger partial charge in [0.25, 0.3) is 0 Å². The molecule has 0 aromatic carbocycles. The van der Waals surface area contributed by atoms with Crippen LogP contribution in [0, 0.1) is 17.8 Å².